The molecule has 1 aliphatic heterocycles. The summed E-state index contributed by atoms with van der Waals surface area (Å²) in [6, 6.07) is 9.17. The lowest BCUT2D eigenvalue weighted by Crippen LogP contribution is -2.85. The van der Waals surface area contributed by atoms with Gasteiger partial charge in [0.15, 0.2) is 17.8 Å². The van der Waals surface area contributed by atoms with E-state index in [0.29, 0.717) is 0 Å². The van der Waals surface area contributed by atoms with Gasteiger partial charge in [0.1, 0.15) is 36.6 Å². The summed E-state index contributed by atoms with van der Waals surface area (Å²) in [4.78, 5) is 78.9. The van der Waals surface area contributed by atoms with Gasteiger partial charge in [-0.1, -0.05) is 18.2 Å². The van der Waals surface area contributed by atoms with E-state index in [1.807, 2.05) is 0 Å². The van der Waals surface area contributed by atoms with Crippen LogP contribution in [-0.2, 0) is 52.3 Å². The number of fused-ring (bicyclic) bond motifs is 1. The third kappa shape index (κ3) is 6.02. The molecule has 15 nitrogen and oxygen atoms in total. The van der Waals surface area contributed by atoms with Crippen molar-refractivity contribution in [2.75, 3.05) is 6.61 Å². The second kappa shape index (κ2) is 13.2. The van der Waals surface area contributed by atoms with E-state index in [1.165, 1.54) is 31.4 Å². The summed E-state index contributed by atoms with van der Waals surface area (Å²) >= 11 is 0. The molecule has 15 heteroatoms. The van der Waals surface area contributed by atoms with Gasteiger partial charge in [-0.25, -0.2) is 9.59 Å². The van der Waals surface area contributed by atoms with Crippen LogP contribution < -0.4 is 0 Å². The minimum absolute atomic E-state index is 0.0763. The zero-order valence-electron chi connectivity index (χ0n) is 28.7. The van der Waals surface area contributed by atoms with Gasteiger partial charge in [-0.15, -0.1) is 0 Å². The minimum atomic E-state index is -2.32. The summed E-state index contributed by atoms with van der Waals surface area (Å²) in [5.41, 5.74) is -8.22. The number of rotatable bonds is 9. The third-order valence-electron chi connectivity index (χ3n) is 9.71. The Bertz CT molecular complexity index is 1650. The lowest BCUT2D eigenvalue weighted by molar-refractivity contribution is -0.362. The lowest BCUT2D eigenvalue weighted by atomic mass is 9.45. The van der Waals surface area contributed by atoms with Crippen molar-refractivity contribution in [3.8, 4) is 0 Å². The number of ether oxygens (including phenoxy) is 7. The van der Waals surface area contributed by atoms with Crippen LogP contribution >= 0.6 is 0 Å². The number of aliphatic hydroxyl groups is 1. The fraction of sp³-hybridized carbons (Fsp3) is 0.543. The predicted molar refractivity (Wildman–Crippen MR) is 166 cm³/mol. The van der Waals surface area contributed by atoms with Crippen LogP contribution in [0.1, 0.15) is 75.6 Å². The topological polar surface area (TPSA) is 200 Å². The highest BCUT2D eigenvalue weighted by Gasteiger charge is 2.89. The van der Waals surface area contributed by atoms with Crippen LogP contribution in [0.4, 0.5) is 0 Å². The van der Waals surface area contributed by atoms with Crippen LogP contribution in [0.3, 0.4) is 0 Å². The van der Waals surface area contributed by atoms with Crippen molar-refractivity contribution in [1.29, 1.82) is 0 Å². The fourth-order valence-electron chi connectivity index (χ4n) is 8.19. The molecule has 2 saturated carbocycles. The second-order valence-corrected chi connectivity index (χ2v) is 13.5. The number of carbonyl (C=O) groups is 6. The molecule has 1 spiro atoms. The Hall–Kier alpha value is -4.76. The van der Waals surface area contributed by atoms with Crippen molar-refractivity contribution in [3.63, 3.8) is 0 Å². The molecule has 0 radical (unpaired) electrons. The number of furan rings is 1. The lowest BCUT2D eigenvalue weighted by Gasteiger charge is -2.66. The molecule has 50 heavy (non-hydrogen) atoms. The Kier molecular flexibility index (Phi) is 9.62. The molecule has 5 rings (SSSR count). The van der Waals surface area contributed by atoms with Crippen LogP contribution in [0.15, 0.2) is 53.3 Å². The Morgan fingerprint density at radius 1 is 0.740 bits per heavy atom. The van der Waals surface area contributed by atoms with E-state index in [2.05, 4.69) is 0 Å². The molecule has 1 saturated heterocycles. The monoisotopic (exact) mass is 700 g/mol. The van der Waals surface area contributed by atoms with Crippen molar-refractivity contribution in [1.82, 2.24) is 0 Å². The fourth-order valence-corrected chi connectivity index (χ4v) is 8.19. The van der Waals surface area contributed by atoms with Gasteiger partial charge < -0.3 is 42.7 Å². The Morgan fingerprint density at radius 2 is 1.34 bits per heavy atom. The highest BCUT2D eigenvalue weighted by molar-refractivity contribution is 5.90. The first kappa shape index (κ1) is 36.5. The zero-order valence-corrected chi connectivity index (χ0v) is 28.7. The molecule has 3 fully saturated rings. The summed E-state index contributed by atoms with van der Waals surface area (Å²) in [5.74, 6) is -6.51. The number of hydrogen-bond donors (Lipinski definition) is 1. The van der Waals surface area contributed by atoms with E-state index in [0.717, 1.165) is 34.0 Å². The molecular formula is C35H40O15. The standard InChI is InChI=1S/C35H40O15/c1-18(36)44-17-34-27(46-20(3)38)24(45-19(2)37)15-33(7,42)35(34)28(47-21(4)39)25(32(5,6)50-35)26(48-30(40)22-11-9-8-10-12-22)29(34)49-31(41)23-13-14-43-16-23/h8-14,16,24-29,42H,15,17H2,1-7H3. The minimum Gasteiger partial charge on any atom is -0.472 e. The van der Waals surface area contributed by atoms with Crippen LogP contribution in [0.25, 0.3) is 0 Å². The smallest absolute Gasteiger partial charge is 0.341 e. The Labute approximate surface area is 287 Å². The number of benzene rings is 1. The van der Waals surface area contributed by atoms with Crippen molar-refractivity contribution in [2.24, 2.45) is 11.3 Å². The maximum atomic E-state index is 13.9. The van der Waals surface area contributed by atoms with Gasteiger partial charge in [-0.05, 0) is 39.0 Å². The predicted octanol–water partition coefficient (Wildman–Crippen LogP) is 2.71. The van der Waals surface area contributed by atoms with E-state index in [1.54, 1.807) is 32.0 Å². The van der Waals surface area contributed by atoms with Crippen molar-refractivity contribution >= 4 is 35.8 Å². The third-order valence-corrected chi connectivity index (χ3v) is 9.71. The van der Waals surface area contributed by atoms with Crippen LogP contribution in [-0.4, -0.2) is 94.9 Å². The highest BCUT2D eigenvalue weighted by Crippen LogP contribution is 2.69. The highest BCUT2D eigenvalue weighted by atomic mass is 16.7. The van der Waals surface area contributed by atoms with Crippen molar-refractivity contribution in [2.45, 2.75) is 102 Å². The summed E-state index contributed by atoms with van der Waals surface area (Å²) in [7, 11) is 0. The maximum Gasteiger partial charge on any atom is 0.341 e. The molecule has 2 heterocycles. The Balaban J connectivity index is 1.90. The first-order valence-corrected chi connectivity index (χ1v) is 15.9. The summed E-state index contributed by atoms with van der Waals surface area (Å²) in [5, 5.41) is 12.7. The summed E-state index contributed by atoms with van der Waals surface area (Å²) < 4.78 is 47.6. The molecule has 0 amide bonds. The molecule has 3 aliphatic rings. The van der Waals surface area contributed by atoms with Gasteiger partial charge in [0.05, 0.1) is 34.5 Å². The van der Waals surface area contributed by atoms with E-state index >= 15 is 0 Å². The average Bonchev–Trinajstić information content (AvgIpc) is 3.61. The van der Waals surface area contributed by atoms with Crippen molar-refractivity contribution < 1.29 is 71.4 Å². The molecule has 9 atom stereocenters. The zero-order chi connectivity index (χ0) is 36.8. The SMILES string of the molecule is CC(=O)OCC12C(OC(C)=O)C(OC(C)=O)CC(C)(O)C13OC(C)(C)C(C(OC(=O)c1ccccc1)C2OC(=O)c1ccoc1)C3OC(C)=O. The van der Waals surface area contributed by atoms with Crippen LogP contribution in [0, 0.1) is 11.3 Å². The summed E-state index contributed by atoms with van der Waals surface area (Å²) in [6.07, 6.45) is -6.33. The molecule has 9 unspecified atom stereocenters. The van der Waals surface area contributed by atoms with Crippen LogP contribution in [0.5, 0.6) is 0 Å². The normalized spacial score (nSPS) is 33.6. The summed E-state index contributed by atoms with van der Waals surface area (Å²) in [6.45, 7) is 8.04. The molecular weight excluding hydrogens is 660 g/mol. The van der Waals surface area contributed by atoms with Crippen molar-refractivity contribution in [3.05, 3.63) is 60.1 Å². The van der Waals surface area contributed by atoms with Gasteiger partial charge in [-0.2, -0.15) is 0 Å². The van der Waals surface area contributed by atoms with Gasteiger partial charge in [0.25, 0.3) is 0 Å². The largest absolute Gasteiger partial charge is 0.472 e. The molecule has 1 aromatic heterocycles. The van der Waals surface area contributed by atoms with E-state index < -0.39 is 107 Å². The number of esters is 6. The maximum absolute atomic E-state index is 13.9. The first-order chi connectivity index (χ1) is 23.4. The molecule has 2 aromatic rings. The Morgan fingerprint density at radius 3 is 1.90 bits per heavy atom. The van der Waals surface area contributed by atoms with Gasteiger partial charge >= 0.3 is 35.8 Å². The van der Waals surface area contributed by atoms with Gasteiger partial charge in [0, 0.05) is 34.1 Å². The molecule has 2 bridgehead atoms. The van der Waals surface area contributed by atoms with E-state index in [4.69, 9.17) is 37.6 Å². The quantitative estimate of drug-likeness (QED) is 0.295. The molecule has 270 valence electrons. The molecule has 2 aliphatic carbocycles. The number of hydrogen-bond acceptors (Lipinski definition) is 15. The first-order valence-electron chi connectivity index (χ1n) is 15.9. The average molecular weight is 701 g/mol. The second-order valence-electron chi connectivity index (χ2n) is 13.5. The van der Waals surface area contributed by atoms with Gasteiger partial charge in [0.2, 0.25) is 0 Å². The van der Waals surface area contributed by atoms with Gasteiger partial charge in [-0.3, -0.25) is 19.2 Å². The molecule has 1 aromatic carbocycles. The van der Waals surface area contributed by atoms with E-state index in [9.17, 15) is 33.9 Å². The van der Waals surface area contributed by atoms with Crippen LogP contribution in [0.2, 0.25) is 0 Å². The molecule has 1 N–H and O–H groups in total. The van der Waals surface area contributed by atoms with E-state index in [-0.39, 0.29) is 11.1 Å². The number of carbonyl (C=O) groups excluding carboxylic acids is 6.